The molecule has 0 aliphatic carbocycles. The predicted octanol–water partition coefficient (Wildman–Crippen LogP) is 6.41. The van der Waals surface area contributed by atoms with Gasteiger partial charge in [0.15, 0.2) is 10.3 Å². The van der Waals surface area contributed by atoms with Crippen molar-refractivity contribution in [1.82, 2.24) is 9.97 Å². The zero-order valence-corrected chi connectivity index (χ0v) is 24.6. The van der Waals surface area contributed by atoms with Gasteiger partial charge in [0.1, 0.15) is 23.0 Å². The average Bonchev–Trinajstić information content (AvgIpc) is 3.48. The molecule has 0 spiro atoms. The van der Waals surface area contributed by atoms with Crippen molar-refractivity contribution in [2.75, 3.05) is 10.6 Å². The van der Waals surface area contributed by atoms with Gasteiger partial charge in [0.2, 0.25) is 11.8 Å². The molecule has 0 unspecified atom stereocenters. The van der Waals surface area contributed by atoms with Crippen LogP contribution < -0.4 is 10.6 Å². The van der Waals surface area contributed by atoms with E-state index in [1.54, 1.807) is 22.9 Å². The van der Waals surface area contributed by atoms with Crippen molar-refractivity contribution in [3.05, 3.63) is 47.2 Å². The molecule has 4 rings (SSSR count). The average molecular weight is 585 g/mol. The number of hydrogen-bond donors (Lipinski definition) is 6. The van der Waals surface area contributed by atoms with Crippen molar-refractivity contribution in [2.45, 2.75) is 41.5 Å². The Balaban J connectivity index is 0.000000220. The largest absolute Gasteiger partial charge is 0.508 e. The summed E-state index contributed by atoms with van der Waals surface area (Å²) in [4.78, 5) is 32.3. The molecule has 2 aromatic carbocycles. The number of anilines is 2. The molecule has 0 aliphatic rings. The number of phenols is 4. The van der Waals surface area contributed by atoms with Crippen molar-refractivity contribution in [1.29, 1.82) is 0 Å². The summed E-state index contributed by atoms with van der Waals surface area (Å²) in [5.41, 5.74) is 1.14. The molecule has 4 aromatic rings. The molecule has 212 valence electrons. The monoisotopic (exact) mass is 584 g/mol. The van der Waals surface area contributed by atoms with Crippen molar-refractivity contribution in [3.63, 3.8) is 0 Å². The van der Waals surface area contributed by atoms with Gasteiger partial charge in [0, 0.05) is 44.8 Å². The Bertz CT molecular complexity index is 1400. The first-order valence-corrected chi connectivity index (χ1v) is 13.9. The van der Waals surface area contributed by atoms with Crippen molar-refractivity contribution >= 4 is 44.8 Å². The lowest BCUT2D eigenvalue weighted by Crippen LogP contribution is -2.27. The van der Waals surface area contributed by atoms with Gasteiger partial charge in [-0.05, 0) is 24.3 Å². The Kier molecular flexibility index (Phi) is 9.06. The van der Waals surface area contributed by atoms with E-state index in [2.05, 4.69) is 20.6 Å². The zero-order valence-electron chi connectivity index (χ0n) is 22.9. The number of aromatic nitrogens is 2. The molecule has 12 heteroatoms. The van der Waals surface area contributed by atoms with Gasteiger partial charge in [-0.3, -0.25) is 9.59 Å². The van der Waals surface area contributed by atoms with Crippen LogP contribution in [0.5, 0.6) is 23.0 Å². The quantitative estimate of drug-likeness (QED) is 0.160. The summed E-state index contributed by atoms with van der Waals surface area (Å²) in [5.74, 6) is -0.361. The minimum absolute atomic E-state index is 0.0114. The van der Waals surface area contributed by atoms with Crippen LogP contribution in [0.15, 0.2) is 47.2 Å². The lowest BCUT2D eigenvalue weighted by molar-refractivity contribution is -0.123. The Morgan fingerprint density at radius 2 is 1.00 bits per heavy atom. The molecule has 2 amide bonds. The van der Waals surface area contributed by atoms with Crippen molar-refractivity contribution < 1.29 is 30.0 Å². The fraction of sp³-hybridized carbons (Fsp3) is 0.286. The minimum atomic E-state index is -0.494. The molecule has 0 bridgehead atoms. The van der Waals surface area contributed by atoms with Crippen LogP contribution in [-0.4, -0.2) is 42.2 Å². The predicted molar refractivity (Wildman–Crippen MR) is 158 cm³/mol. The standard InChI is InChI=1S/2C14H16N2O3S/c2*1-14(2,3)12(19)16-13-15-10(7-20-13)9-5-4-8(17)6-11(9)18/h2*4-7,17-18H,1-3H3,(H,15,16,19). The van der Waals surface area contributed by atoms with E-state index < -0.39 is 10.8 Å². The minimum Gasteiger partial charge on any atom is -0.508 e. The number of benzene rings is 2. The van der Waals surface area contributed by atoms with E-state index in [-0.39, 0.29) is 34.8 Å². The molecule has 40 heavy (non-hydrogen) atoms. The van der Waals surface area contributed by atoms with Crippen LogP contribution in [0.4, 0.5) is 10.3 Å². The van der Waals surface area contributed by atoms with E-state index in [4.69, 9.17) is 0 Å². The molecule has 0 radical (unpaired) electrons. The second kappa shape index (κ2) is 11.9. The van der Waals surface area contributed by atoms with Gasteiger partial charge in [0.05, 0.1) is 11.4 Å². The normalized spacial score (nSPS) is 11.3. The van der Waals surface area contributed by atoms with Crippen LogP contribution in [0.25, 0.3) is 22.5 Å². The first-order valence-electron chi connectivity index (χ1n) is 12.1. The van der Waals surface area contributed by atoms with Gasteiger partial charge < -0.3 is 31.1 Å². The number of hydrogen-bond acceptors (Lipinski definition) is 10. The number of rotatable bonds is 4. The molecule has 10 nitrogen and oxygen atoms in total. The Morgan fingerprint density at radius 3 is 1.30 bits per heavy atom. The molecule has 0 aliphatic heterocycles. The highest BCUT2D eigenvalue weighted by atomic mass is 32.1. The Labute approximate surface area is 240 Å². The Morgan fingerprint density at radius 1 is 0.650 bits per heavy atom. The van der Waals surface area contributed by atoms with Gasteiger partial charge in [-0.25, -0.2) is 9.97 Å². The smallest absolute Gasteiger partial charge is 0.231 e. The number of nitrogens with zero attached hydrogens (tertiary/aromatic N) is 2. The summed E-state index contributed by atoms with van der Waals surface area (Å²) in [6.45, 7) is 10.9. The summed E-state index contributed by atoms with van der Waals surface area (Å²) in [7, 11) is 0. The van der Waals surface area contributed by atoms with E-state index >= 15 is 0 Å². The number of nitrogens with one attached hydrogen (secondary N) is 2. The first-order chi connectivity index (χ1) is 18.5. The molecular formula is C28H32N4O6S2. The molecule has 0 saturated heterocycles. The highest BCUT2D eigenvalue weighted by Crippen LogP contribution is 2.35. The third kappa shape index (κ3) is 7.93. The second-order valence-corrected chi connectivity index (χ2v) is 12.6. The van der Waals surface area contributed by atoms with E-state index in [9.17, 15) is 30.0 Å². The number of carbonyl (C=O) groups is 2. The molecule has 2 heterocycles. The van der Waals surface area contributed by atoms with Crippen LogP contribution in [0, 0.1) is 10.8 Å². The highest BCUT2D eigenvalue weighted by Gasteiger charge is 2.23. The molecule has 2 aromatic heterocycles. The summed E-state index contributed by atoms with van der Waals surface area (Å²) < 4.78 is 0. The van der Waals surface area contributed by atoms with E-state index in [1.807, 2.05) is 41.5 Å². The number of amides is 2. The van der Waals surface area contributed by atoms with Gasteiger partial charge in [-0.15, -0.1) is 22.7 Å². The fourth-order valence-electron chi connectivity index (χ4n) is 2.95. The summed E-state index contributed by atoms with van der Waals surface area (Å²) in [6, 6.07) is 8.61. The third-order valence-electron chi connectivity index (χ3n) is 5.33. The van der Waals surface area contributed by atoms with Crippen molar-refractivity contribution in [3.8, 4) is 45.5 Å². The van der Waals surface area contributed by atoms with Gasteiger partial charge >= 0.3 is 0 Å². The maximum absolute atomic E-state index is 11.9. The molecule has 0 saturated carbocycles. The van der Waals surface area contributed by atoms with Crippen LogP contribution in [0.3, 0.4) is 0 Å². The molecule has 0 atom stereocenters. The number of aromatic hydroxyl groups is 4. The van der Waals surface area contributed by atoms with E-state index in [0.29, 0.717) is 32.8 Å². The highest BCUT2D eigenvalue weighted by molar-refractivity contribution is 7.14. The number of thiazole rings is 2. The van der Waals surface area contributed by atoms with E-state index in [1.165, 1.54) is 46.9 Å². The van der Waals surface area contributed by atoms with Crippen molar-refractivity contribution in [2.24, 2.45) is 10.8 Å². The van der Waals surface area contributed by atoms with Gasteiger partial charge in [-0.1, -0.05) is 41.5 Å². The van der Waals surface area contributed by atoms with Gasteiger partial charge in [-0.2, -0.15) is 0 Å². The summed E-state index contributed by atoms with van der Waals surface area (Å²) in [6.07, 6.45) is 0. The lowest BCUT2D eigenvalue weighted by atomic mass is 9.96. The topological polar surface area (TPSA) is 165 Å². The summed E-state index contributed by atoms with van der Waals surface area (Å²) >= 11 is 2.57. The summed E-state index contributed by atoms with van der Waals surface area (Å²) in [5, 5.41) is 48.0. The maximum atomic E-state index is 11.9. The molecule has 0 fully saturated rings. The van der Waals surface area contributed by atoms with Crippen LogP contribution in [0.1, 0.15) is 41.5 Å². The second-order valence-electron chi connectivity index (χ2n) is 10.9. The molecule has 6 N–H and O–H groups in total. The Hall–Kier alpha value is -4.16. The van der Waals surface area contributed by atoms with E-state index in [0.717, 1.165) is 0 Å². The van der Waals surface area contributed by atoms with Crippen LogP contribution >= 0.6 is 22.7 Å². The first kappa shape index (κ1) is 30.4. The third-order valence-corrected chi connectivity index (χ3v) is 6.84. The van der Waals surface area contributed by atoms with Crippen LogP contribution in [-0.2, 0) is 9.59 Å². The number of phenolic OH excluding ortho intramolecular Hbond substituents is 4. The fourth-order valence-corrected chi connectivity index (χ4v) is 4.36. The van der Waals surface area contributed by atoms with Crippen LogP contribution in [0.2, 0.25) is 0 Å². The molecular weight excluding hydrogens is 552 g/mol. The zero-order chi connectivity index (χ0) is 29.8. The SMILES string of the molecule is CC(C)(C)C(=O)Nc1nc(-c2ccc(O)cc2O)cs1.CC(C)(C)C(=O)Nc1nc(-c2ccc(O)cc2O)cs1. The number of carbonyl (C=O) groups excluding carboxylic acids is 2. The lowest BCUT2D eigenvalue weighted by Gasteiger charge is -2.15. The van der Waals surface area contributed by atoms with Gasteiger partial charge in [0.25, 0.3) is 0 Å². The maximum Gasteiger partial charge on any atom is 0.231 e.